The number of rotatable bonds is 4. The Morgan fingerprint density at radius 2 is 1.81 bits per heavy atom. The molecule has 1 unspecified atom stereocenters. The van der Waals surface area contributed by atoms with E-state index in [9.17, 15) is 9.90 Å². The van der Waals surface area contributed by atoms with Gasteiger partial charge >= 0.3 is 0 Å². The standard InChI is InChI=1S/C17H24N2O2/c1-12-15-6-3-4-7-16(15)13(2)19(12)11-14(20)10-18-9-5-8-17(18)21/h3-4,6-7,12-14,20H,5,8-11H2,1-2H3/t12-,13-,14?/m0/s1. The molecule has 1 saturated heterocycles. The highest BCUT2D eigenvalue weighted by Crippen LogP contribution is 2.41. The van der Waals surface area contributed by atoms with Gasteiger partial charge in [0.25, 0.3) is 0 Å². The van der Waals surface area contributed by atoms with Gasteiger partial charge < -0.3 is 10.0 Å². The lowest BCUT2D eigenvalue weighted by molar-refractivity contribution is -0.129. The summed E-state index contributed by atoms with van der Waals surface area (Å²) in [5, 5.41) is 10.4. The van der Waals surface area contributed by atoms with Gasteiger partial charge in [-0.05, 0) is 31.4 Å². The second-order valence-electron chi connectivity index (χ2n) is 6.27. The van der Waals surface area contributed by atoms with E-state index in [0.29, 0.717) is 31.6 Å². The van der Waals surface area contributed by atoms with Crippen LogP contribution in [0.25, 0.3) is 0 Å². The first-order chi connectivity index (χ1) is 10.1. The van der Waals surface area contributed by atoms with E-state index in [0.717, 1.165) is 13.0 Å². The number of hydrogen-bond acceptors (Lipinski definition) is 3. The fourth-order valence-electron chi connectivity index (χ4n) is 3.73. The first kappa shape index (κ1) is 14.5. The molecule has 1 aromatic rings. The van der Waals surface area contributed by atoms with E-state index in [1.54, 1.807) is 4.90 Å². The molecule has 3 rings (SSSR count). The summed E-state index contributed by atoms with van der Waals surface area (Å²) in [7, 11) is 0. The number of carbonyl (C=O) groups excluding carboxylic acids is 1. The van der Waals surface area contributed by atoms with Crippen LogP contribution in [-0.2, 0) is 4.79 Å². The second kappa shape index (κ2) is 5.78. The SMILES string of the molecule is C[C@H]1c2ccccc2[C@H](C)N1CC(O)CN1CCCC1=O. The largest absolute Gasteiger partial charge is 0.390 e. The number of aliphatic hydroxyl groups excluding tert-OH is 1. The summed E-state index contributed by atoms with van der Waals surface area (Å²) in [5.74, 6) is 0.180. The van der Waals surface area contributed by atoms with Crippen LogP contribution in [0.1, 0.15) is 49.9 Å². The topological polar surface area (TPSA) is 43.8 Å². The summed E-state index contributed by atoms with van der Waals surface area (Å²) in [5.41, 5.74) is 2.71. The minimum absolute atomic E-state index is 0.180. The average Bonchev–Trinajstić information content (AvgIpc) is 2.97. The predicted molar refractivity (Wildman–Crippen MR) is 81.8 cm³/mol. The molecule has 3 atom stereocenters. The first-order valence-electron chi connectivity index (χ1n) is 7.88. The Morgan fingerprint density at radius 1 is 1.19 bits per heavy atom. The molecule has 2 aliphatic heterocycles. The van der Waals surface area contributed by atoms with Crippen LogP contribution in [0.15, 0.2) is 24.3 Å². The number of nitrogens with zero attached hydrogens (tertiary/aromatic N) is 2. The van der Waals surface area contributed by atoms with Gasteiger partial charge in [0, 0.05) is 38.1 Å². The molecule has 4 nitrogen and oxygen atoms in total. The third-order valence-corrected chi connectivity index (χ3v) is 4.92. The van der Waals surface area contributed by atoms with Crippen LogP contribution in [0.4, 0.5) is 0 Å². The molecular formula is C17H24N2O2. The molecule has 4 heteroatoms. The highest BCUT2D eigenvalue weighted by molar-refractivity contribution is 5.78. The molecule has 0 aliphatic carbocycles. The summed E-state index contributed by atoms with van der Waals surface area (Å²) >= 11 is 0. The number of hydrogen-bond donors (Lipinski definition) is 1. The van der Waals surface area contributed by atoms with Crippen molar-refractivity contribution in [2.24, 2.45) is 0 Å². The molecule has 0 radical (unpaired) electrons. The Bertz CT molecular complexity index is 502. The highest BCUT2D eigenvalue weighted by Gasteiger charge is 2.34. The van der Waals surface area contributed by atoms with Crippen molar-refractivity contribution >= 4 is 5.91 Å². The number of aliphatic hydroxyl groups is 1. The molecule has 0 spiro atoms. The fraction of sp³-hybridized carbons (Fsp3) is 0.588. The number of benzene rings is 1. The van der Waals surface area contributed by atoms with Gasteiger partial charge in [0.1, 0.15) is 0 Å². The molecule has 0 bridgehead atoms. The molecule has 1 N–H and O–H groups in total. The maximum atomic E-state index is 11.7. The number of amides is 1. The summed E-state index contributed by atoms with van der Waals surface area (Å²) in [6, 6.07) is 9.13. The van der Waals surface area contributed by atoms with Crippen LogP contribution in [0.3, 0.4) is 0 Å². The lowest BCUT2D eigenvalue weighted by Crippen LogP contribution is -2.40. The van der Waals surface area contributed by atoms with Crippen LogP contribution in [-0.4, -0.2) is 46.6 Å². The van der Waals surface area contributed by atoms with E-state index in [2.05, 4.69) is 43.0 Å². The van der Waals surface area contributed by atoms with Crippen molar-refractivity contribution in [2.75, 3.05) is 19.6 Å². The monoisotopic (exact) mass is 288 g/mol. The van der Waals surface area contributed by atoms with Crippen molar-refractivity contribution in [3.8, 4) is 0 Å². The van der Waals surface area contributed by atoms with Crippen molar-refractivity contribution in [3.05, 3.63) is 35.4 Å². The molecule has 1 aromatic carbocycles. The molecule has 2 heterocycles. The third kappa shape index (κ3) is 2.70. The van der Waals surface area contributed by atoms with E-state index in [4.69, 9.17) is 0 Å². The van der Waals surface area contributed by atoms with Crippen LogP contribution in [0, 0.1) is 0 Å². The van der Waals surface area contributed by atoms with Crippen LogP contribution >= 0.6 is 0 Å². The van der Waals surface area contributed by atoms with Gasteiger partial charge in [0.15, 0.2) is 0 Å². The van der Waals surface area contributed by atoms with Gasteiger partial charge in [-0.25, -0.2) is 0 Å². The Kier molecular flexibility index (Phi) is 4.00. The lowest BCUT2D eigenvalue weighted by Gasteiger charge is -2.30. The zero-order valence-corrected chi connectivity index (χ0v) is 12.8. The lowest BCUT2D eigenvalue weighted by atomic mass is 10.0. The smallest absolute Gasteiger partial charge is 0.222 e. The van der Waals surface area contributed by atoms with Gasteiger partial charge in [-0.2, -0.15) is 0 Å². The Hall–Kier alpha value is -1.39. The Balaban J connectivity index is 1.64. The minimum Gasteiger partial charge on any atom is -0.390 e. The van der Waals surface area contributed by atoms with Gasteiger partial charge in [-0.15, -0.1) is 0 Å². The first-order valence-corrected chi connectivity index (χ1v) is 7.88. The summed E-state index contributed by atoms with van der Waals surface area (Å²) < 4.78 is 0. The van der Waals surface area contributed by atoms with E-state index in [1.807, 2.05) is 0 Å². The summed E-state index contributed by atoms with van der Waals surface area (Å²) in [6.45, 7) is 6.25. The Labute approximate surface area is 126 Å². The van der Waals surface area contributed by atoms with E-state index in [-0.39, 0.29) is 5.91 Å². The molecule has 1 amide bonds. The number of carbonyl (C=O) groups is 1. The number of fused-ring (bicyclic) bond motifs is 1. The zero-order chi connectivity index (χ0) is 15.0. The van der Waals surface area contributed by atoms with E-state index < -0.39 is 6.10 Å². The molecule has 21 heavy (non-hydrogen) atoms. The van der Waals surface area contributed by atoms with Crippen molar-refractivity contribution in [3.63, 3.8) is 0 Å². The number of likely N-dealkylation sites (tertiary alicyclic amines) is 1. The van der Waals surface area contributed by atoms with Crippen molar-refractivity contribution in [1.82, 2.24) is 9.80 Å². The molecule has 2 aliphatic rings. The van der Waals surface area contributed by atoms with Gasteiger partial charge in [0.05, 0.1) is 6.10 Å². The van der Waals surface area contributed by atoms with Gasteiger partial charge in [0.2, 0.25) is 5.91 Å². The van der Waals surface area contributed by atoms with E-state index in [1.165, 1.54) is 11.1 Å². The van der Waals surface area contributed by atoms with Gasteiger partial charge in [-0.1, -0.05) is 24.3 Å². The van der Waals surface area contributed by atoms with Crippen molar-refractivity contribution < 1.29 is 9.90 Å². The van der Waals surface area contributed by atoms with Crippen molar-refractivity contribution in [1.29, 1.82) is 0 Å². The fourth-order valence-corrected chi connectivity index (χ4v) is 3.73. The quantitative estimate of drug-likeness (QED) is 0.923. The minimum atomic E-state index is -0.480. The molecule has 114 valence electrons. The second-order valence-corrected chi connectivity index (χ2v) is 6.27. The van der Waals surface area contributed by atoms with Crippen LogP contribution < -0.4 is 0 Å². The summed E-state index contributed by atoms with van der Waals surface area (Å²) in [6.07, 6.45) is 1.08. The van der Waals surface area contributed by atoms with Crippen LogP contribution in [0.5, 0.6) is 0 Å². The maximum absolute atomic E-state index is 11.7. The van der Waals surface area contributed by atoms with Crippen LogP contribution in [0.2, 0.25) is 0 Å². The molecular weight excluding hydrogens is 264 g/mol. The maximum Gasteiger partial charge on any atom is 0.222 e. The molecule has 1 fully saturated rings. The third-order valence-electron chi connectivity index (χ3n) is 4.92. The summed E-state index contributed by atoms with van der Waals surface area (Å²) in [4.78, 5) is 15.8. The molecule has 0 aromatic heterocycles. The zero-order valence-electron chi connectivity index (χ0n) is 12.8. The van der Waals surface area contributed by atoms with E-state index >= 15 is 0 Å². The average molecular weight is 288 g/mol. The predicted octanol–water partition coefficient (Wildman–Crippen LogP) is 2.11. The highest BCUT2D eigenvalue weighted by atomic mass is 16.3. The van der Waals surface area contributed by atoms with Crippen molar-refractivity contribution in [2.45, 2.75) is 44.9 Å². The molecule has 0 saturated carbocycles. The normalized spacial score (nSPS) is 27.2. The van der Waals surface area contributed by atoms with Gasteiger partial charge in [-0.3, -0.25) is 9.69 Å². The number of β-amino-alcohol motifs (C(OH)–C–C–N with tert-alkyl or cyclic N) is 1. The Morgan fingerprint density at radius 3 is 2.33 bits per heavy atom.